The van der Waals surface area contributed by atoms with Gasteiger partial charge < -0.3 is 4.90 Å². The fourth-order valence-corrected chi connectivity index (χ4v) is 7.39. The van der Waals surface area contributed by atoms with Crippen LogP contribution in [-0.4, -0.2) is 35.5 Å². The SMILES string of the molecule is CCN(CCC12CCC(=O)CC1=CC[C@@H]1[C@@H]2CC[C@]2(C)C(=O)CC[C@@H]12)C(C)=O. The number of carbonyl (C=O) groups is 3. The van der Waals surface area contributed by atoms with Crippen LogP contribution < -0.4 is 0 Å². The summed E-state index contributed by atoms with van der Waals surface area (Å²) >= 11 is 0. The minimum Gasteiger partial charge on any atom is -0.343 e. The van der Waals surface area contributed by atoms with Crippen LogP contribution >= 0.6 is 0 Å². The zero-order valence-corrected chi connectivity index (χ0v) is 17.8. The normalized spacial score (nSPS) is 39.7. The smallest absolute Gasteiger partial charge is 0.219 e. The molecule has 0 aromatic rings. The Kier molecular flexibility index (Phi) is 5.04. The lowest BCUT2D eigenvalue weighted by Crippen LogP contribution is -2.52. The minimum atomic E-state index is -0.118. The Hall–Kier alpha value is -1.45. The summed E-state index contributed by atoms with van der Waals surface area (Å²) in [5.41, 5.74) is 1.30. The Morgan fingerprint density at radius 3 is 2.68 bits per heavy atom. The van der Waals surface area contributed by atoms with Gasteiger partial charge in [-0.3, -0.25) is 14.4 Å². The Morgan fingerprint density at radius 2 is 1.96 bits per heavy atom. The highest BCUT2D eigenvalue weighted by atomic mass is 16.2. The number of rotatable bonds is 4. The monoisotopic (exact) mass is 385 g/mol. The van der Waals surface area contributed by atoms with Crippen molar-refractivity contribution in [3.8, 4) is 0 Å². The van der Waals surface area contributed by atoms with E-state index in [1.807, 2.05) is 11.8 Å². The Morgan fingerprint density at radius 1 is 1.18 bits per heavy atom. The maximum Gasteiger partial charge on any atom is 0.219 e. The minimum absolute atomic E-state index is 0.0622. The molecule has 0 radical (unpaired) electrons. The van der Waals surface area contributed by atoms with Gasteiger partial charge in [0.2, 0.25) is 5.91 Å². The number of Topliss-reactive ketones (excluding diaryl/α,β-unsaturated/α-hetero) is 2. The molecule has 0 N–H and O–H groups in total. The summed E-state index contributed by atoms with van der Waals surface area (Å²) in [7, 11) is 0. The second kappa shape index (κ2) is 7.11. The van der Waals surface area contributed by atoms with Gasteiger partial charge in [0.1, 0.15) is 11.6 Å². The van der Waals surface area contributed by atoms with Gasteiger partial charge in [0, 0.05) is 44.7 Å². The number of carbonyl (C=O) groups excluding carboxylic acids is 3. The van der Waals surface area contributed by atoms with Gasteiger partial charge in [-0.1, -0.05) is 18.6 Å². The molecule has 4 rings (SSSR count). The summed E-state index contributed by atoms with van der Waals surface area (Å²) in [5.74, 6) is 2.62. The van der Waals surface area contributed by atoms with Gasteiger partial charge >= 0.3 is 0 Å². The Bertz CT molecular complexity index is 725. The third-order valence-electron chi connectivity index (χ3n) is 9.02. The first-order valence-electron chi connectivity index (χ1n) is 11.3. The van der Waals surface area contributed by atoms with E-state index in [0.717, 1.165) is 58.0 Å². The molecule has 4 aliphatic carbocycles. The van der Waals surface area contributed by atoms with Crippen molar-refractivity contribution in [1.82, 2.24) is 4.90 Å². The van der Waals surface area contributed by atoms with Crippen molar-refractivity contribution in [2.75, 3.05) is 13.1 Å². The Labute approximate surface area is 169 Å². The third kappa shape index (κ3) is 2.90. The van der Waals surface area contributed by atoms with E-state index < -0.39 is 0 Å². The molecule has 0 aliphatic heterocycles. The summed E-state index contributed by atoms with van der Waals surface area (Å²) in [5, 5.41) is 0. The lowest BCUT2D eigenvalue weighted by atomic mass is 9.47. The first-order chi connectivity index (χ1) is 13.3. The van der Waals surface area contributed by atoms with Crippen molar-refractivity contribution < 1.29 is 14.4 Å². The second-order valence-electron chi connectivity index (χ2n) is 9.98. The van der Waals surface area contributed by atoms with Crippen LogP contribution in [0.15, 0.2) is 11.6 Å². The van der Waals surface area contributed by atoms with E-state index in [-0.39, 0.29) is 16.7 Å². The predicted molar refractivity (Wildman–Crippen MR) is 109 cm³/mol. The van der Waals surface area contributed by atoms with Crippen molar-refractivity contribution >= 4 is 17.5 Å². The molecule has 0 bridgehead atoms. The van der Waals surface area contributed by atoms with Crippen LogP contribution in [0.4, 0.5) is 0 Å². The molecule has 4 heteroatoms. The van der Waals surface area contributed by atoms with E-state index in [2.05, 4.69) is 13.0 Å². The van der Waals surface area contributed by atoms with E-state index >= 15 is 0 Å². The second-order valence-corrected chi connectivity index (χ2v) is 9.98. The van der Waals surface area contributed by atoms with E-state index in [1.54, 1.807) is 6.92 Å². The van der Waals surface area contributed by atoms with Crippen LogP contribution in [0, 0.1) is 28.6 Å². The molecule has 3 fully saturated rings. The summed E-state index contributed by atoms with van der Waals surface area (Å²) in [6.45, 7) is 7.43. The molecule has 1 amide bonds. The maximum absolute atomic E-state index is 12.6. The summed E-state index contributed by atoms with van der Waals surface area (Å²) in [4.78, 5) is 38.8. The van der Waals surface area contributed by atoms with Crippen molar-refractivity contribution in [3.63, 3.8) is 0 Å². The van der Waals surface area contributed by atoms with Crippen LogP contribution in [0.25, 0.3) is 0 Å². The fraction of sp³-hybridized carbons (Fsp3) is 0.792. The van der Waals surface area contributed by atoms with Crippen LogP contribution in [0.3, 0.4) is 0 Å². The molecule has 4 nitrogen and oxygen atoms in total. The number of ketones is 2. The van der Waals surface area contributed by atoms with Crippen molar-refractivity contribution in [3.05, 3.63) is 11.6 Å². The summed E-state index contributed by atoms with van der Waals surface area (Å²) in [6, 6.07) is 0. The molecule has 1 unspecified atom stereocenters. The number of allylic oxidation sites excluding steroid dienone is 2. The van der Waals surface area contributed by atoms with Gasteiger partial charge in [-0.2, -0.15) is 0 Å². The van der Waals surface area contributed by atoms with Crippen LogP contribution in [-0.2, 0) is 14.4 Å². The first kappa shape index (κ1) is 19.8. The molecular weight excluding hydrogens is 350 g/mol. The average molecular weight is 386 g/mol. The van der Waals surface area contributed by atoms with E-state index in [0.29, 0.717) is 42.2 Å². The third-order valence-corrected chi connectivity index (χ3v) is 9.02. The Balaban J connectivity index is 1.66. The largest absolute Gasteiger partial charge is 0.343 e. The summed E-state index contributed by atoms with van der Waals surface area (Å²) < 4.78 is 0. The quantitative estimate of drug-likeness (QED) is 0.677. The highest BCUT2D eigenvalue weighted by molar-refractivity contribution is 5.87. The summed E-state index contributed by atoms with van der Waals surface area (Å²) in [6.07, 6.45) is 10.5. The van der Waals surface area contributed by atoms with E-state index in [9.17, 15) is 14.4 Å². The van der Waals surface area contributed by atoms with Gasteiger partial charge in [0.05, 0.1) is 0 Å². The van der Waals surface area contributed by atoms with E-state index in [4.69, 9.17) is 0 Å². The molecule has 0 saturated heterocycles. The number of fused-ring (bicyclic) bond motifs is 5. The van der Waals surface area contributed by atoms with Crippen LogP contribution in [0.1, 0.15) is 78.6 Å². The predicted octanol–water partition coefficient (Wildman–Crippen LogP) is 4.33. The lowest BCUT2D eigenvalue weighted by Gasteiger charge is -2.57. The van der Waals surface area contributed by atoms with Crippen LogP contribution in [0.2, 0.25) is 0 Å². The van der Waals surface area contributed by atoms with Crippen molar-refractivity contribution in [2.24, 2.45) is 28.6 Å². The maximum atomic E-state index is 12.6. The molecule has 0 spiro atoms. The molecule has 4 aliphatic rings. The molecule has 0 heterocycles. The lowest BCUT2D eigenvalue weighted by molar-refractivity contribution is -0.134. The van der Waals surface area contributed by atoms with Crippen molar-refractivity contribution in [1.29, 1.82) is 0 Å². The van der Waals surface area contributed by atoms with Gasteiger partial charge in [-0.25, -0.2) is 0 Å². The zero-order chi connectivity index (χ0) is 20.1. The van der Waals surface area contributed by atoms with Crippen LogP contribution in [0.5, 0.6) is 0 Å². The number of nitrogens with zero attached hydrogens (tertiary/aromatic N) is 1. The zero-order valence-electron chi connectivity index (χ0n) is 17.8. The number of hydrogen-bond donors (Lipinski definition) is 0. The topological polar surface area (TPSA) is 54.5 Å². The highest BCUT2D eigenvalue weighted by Gasteiger charge is 2.59. The highest BCUT2D eigenvalue weighted by Crippen LogP contribution is 2.64. The van der Waals surface area contributed by atoms with Gasteiger partial charge in [0.25, 0.3) is 0 Å². The molecule has 154 valence electrons. The van der Waals surface area contributed by atoms with Gasteiger partial charge in [-0.15, -0.1) is 0 Å². The molecular formula is C24H35NO3. The molecule has 28 heavy (non-hydrogen) atoms. The average Bonchev–Trinajstić information content (AvgIpc) is 2.97. The molecule has 0 aromatic heterocycles. The molecule has 0 aromatic carbocycles. The standard InChI is InChI=1S/C24H35NO3/c1-4-25(16(2)26)14-13-24-12-9-18(27)15-17(24)5-6-19-20-7-8-22(28)23(20,3)11-10-21(19)24/h5,19-21H,4,6-15H2,1-3H3/t19-,20-,21-,23-,24?/m0/s1. The van der Waals surface area contributed by atoms with E-state index in [1.165, 1.54) is 5.57 Å². The molecule has 3 saturated carbocycles. The number of hydrogen-bond acceptors (Lipinski definition) is 3. The van der Waals surface area contributed by atoms with Gasteiger partial charge in [0.15, 0.2) is 0 Å². The van der Waals surface area contributed by atoms with Crippen molar-refractivity contribution in [2.45, 2.75) is 78.6 Å². The fourth-order valence-electron chi connectivity index (χ4n) is 7.39. The molecule has 5 atom stereocenters. The number of amides is 1. The van der Waals surface area contributed by atoms with Gasteiger partial charge in [-0.05, 0) is 68.6 Å². The first-order valence-corrected chi connectivity index (χ1v) is 11.3.